The largest absolute Gasteiger partial charge is 0.489 e. The van der Waals surface area contributed by atoms with E-state index in [9.17, 15) is 19.2 Å². The van der Waals surface area contributed by atoms with Gasteiger partial charge in [0.05, 0.1) is 12.6 Å². The summed E-state index contributed by atoms with van der Waals surface area (Å²) in [5.74, 6) is -1.31. The summed E-state index contributed by atoms with van der Waals surface area (Å²) < 4.78 is 5.87. The molecule has 0 spiro atoms. The first-order valence-corrected chi connectivity index (χ1v) is 14.0. The fourth-order valence-corrected chi connectivity index (χ4v) is 4.93. The minimum absolute atomic E-state index is 0.188. The molecule has 1 aliphatic heterocycles. The van der Waals surface area contributed by atoms with Crippen molar-refractivity contribution >= 4 is 23.6 Å². The fourth-order valence-electron chi connectivity index (χ4n) is 4.93. The van der Waals surface area contributed by atoms with Gasteiger partial charge in [-0.25, -0.2) is 0 Å². The second-order valence-corrected chi connectivity index (χ2v) is 10.4. The van der Waals surface area contributed by atoms with Crippen LogP contribution in [0.5, 0.6) is 5.75 Å². The van der Waals surface area contributed by atoms with Gasteiger partial charge < -0.3 is 31.7 Å². The van der Waals surface area contributed by atoms with E-state index in [4.69, 9.17) is 16.2 Å². The molecule has 1 fully saturated rings. The summed E-state index contributed by atoms with van der Waals surface area (Å²) in [6.45, 7) is 0.456. The monoisotopic (exact) mass is 571 g/mol. The molecule has 3 unspecified atom stereocenters. The number of ether oxygens (including phenoxy) is 1. The van der Waals surface area contributed by atoms with Crippen molar-refractivity contribution in [2.45, 2.75) is 50.4 Å². The SMILES string of the molecule is NC(=O)CNC(=O)C1CCCN1C(=O)C(Cc1ccc(OCc2ccccc2)cc1)NC(=O)C(N)Cc1ccccc1. The van der Waals surface area contributed by atoms with Gasteiger partial charge in [-0.2, -0.15) is 0 Å². The molecule has 0 bridgehead atoms. The van der Waals surface area contributed by atoms with Gasteiger partial charge >= 0.3 is 0 Å². The molecule has 0 aliphatic carbocycles. The number of rotatable bonds is 13. The van der Waals surface area contributed by atoms with Crippen LogP contribution in [0.3, 0.4) is 0 Å². The van der Waals surface area contributed by atoms with Crippen LogP contribution in [0.15, 0.2) is 84.9 Å². The Kier molecular flexibility index (Phi) is 10.7. The zero-order valence-electron chi connectivity index (χ0n) is 23.4. The second kappa shape index (κ2) is 14.8. The highest BCUT2D eigenvalue weighted by atomic mass is 16.5. The van der Waals surface area contributed by atoms with Crippen LogP contribution in [-0.2, 0) is 38.6 Å². The molecule has 3 aromatic rings. The van der Waals surface area contributed by atoms with E-state index in [1.54, 1.807) is 0 Å². The van der Waals surface area contributed by atoms with Gasteiger partial charge in [0, 0.05) is 13.0 Å². The molecule has 4 rings (SSSR count). The molecule has 6 N–H and O–H groups in total. The summed E-state index contributed by atoms with van der Waals surface area (Å²) in [6.07, 6.45) is 1.55. The first kappa shape index (κ1) is 30.3. The summed E-state index contributed by atoms with van der Waals surface area (Å²) in [5.41, 5.74) is 14.1. The highest BCUT2D eigenvalue weighted by Gasteiger charge is 2.38. The maximum atomic E-state index is 13.8. The quantitative estimate of drug-likeness (QED) is 0.243. The zero-order chi connectivity index (χ0) is 29.9. The normalized spacial score (nSPS) is 15.8. The standard InChI is InChI=1S/C32H37N5O5/c33-26(18-22-8-3-1-4-9-22)30(39)36-27(32(41)37-17-7-12-28(37)31(40)35-20-29(34)38)19-23-13-15-25(16-14-23)42-21-24-10-5-2-6-11-24/h1-6,8-11,13-16,26-28H,7,12,17-21,33H2,(H2,34,38)(H,35,40)(H,36,39). The van der Waals surface area contributed by atoms with Crippen molar-refractivity contribution < 1.29 is 23.9 Å². The van der Waals surface area contributed by atoms with E-state index in [-0.39, 0.29) is 13.0 Å². The molecule has 0 aromatic heterocycles. The van der Waals surface area contributed by atoms with Crippen molar-refractivity contribution in [1.29, 1.82) is 0 Å². The van der Waals surface area contributed by atoms with Crippen LogP contribution < -0.4 is 26.8 Å². The van der Waals surface area contributed by atoms with Crippen LogP contribution in [-0.4, -0.2) is 59.7 Å². The number of carbonyl (C=O) groups excluding carboxylic acids is 4. The van der Waals surface area contributed by atoms with Crippen molar-refractivity contribution in [3.8, 4) is 5.75 Å². The van der Waals surface area contributed by atoms with Gasteiger partial charge in [-0.05, 0) is 48.1 Å². The van der Waals surface area contributed by atoms with Crippen LogP contribution in [0, 0.1) is 0 Å². The predicted molar refractivity (Wildman–Crippen MR) is 158 cm³/mol. The van der Waals surface area contributed by atoms with Crippen LogP contribution in [0.4, 0.5) is 0 Å². The Bertz CT molecular complexity index is 1350. The van der Waals surface area contributed by atoms with Crippen molar-refractivity contribution in [2.75, 3.05) is 13.1 Å². The Morgan fingerprint density at radius 3 is 2.12 bits per heavy atom. The number of hydrogen-bond donors (Lipinski definition) is 4. The summed E-state index contributed by atoms with van der Waals surface area (Å²) >= 11 is 0. The number of nitrogens with zero attached hydrogens (tertiary/aromatic N) is 1. The van der Waals surface area contributed by atoms with Gasteiger partial charge in [-0.1, -0.05) is 72.8 Å². The Morgan fingerprint density at radius 2 is 1.48 bits per heavy atom. The molecule has 10 heteroatoms. The summed E-state index contributed by atoms with van der Waals surface area (Å²) in [4.78, 5) is 52.4. The van der Waals surface area contributed by atoms with Crippen LogP contribution >= 0.6 is 0 Å². The smallest absolute Gasteiger partial charge is 0.246 e. The molecule has 3 atom stereocenters. The van der Waals surface area contributed by atoms with Gasteiger partial charge in [-0.15, -0.1) is 0 Å². The van der Waals surface area contributed by atoms with Crippen LogP contribution in [0.2, 0.25) is 0 Å². The maximum absolute atomic E-state index is 13.8. The summed E-state index contributed by atoms with van der Waals surface area (Å²) in [5, 5.41) is 5.33. The third-order valence-electron chi connectivity index (χ3n) is 7.14. The topological polar surface area (TPSA) is 157 Å². The lowest BCUT2D eigenvalue weighted by molar-refractivity contribution is -0.141. The van der Waals surface area contributed by atoms with Crippen molar-refractivity contribution in [3.63, 3.8) is 0 Å². The number of benzene rings is 3. The highest BCUT2D eigenvalue weighted by Crippen LogP contribution is 2.21. The van der Waals surface area contributed by atoms with Gasteiger partial charge in [0.2, 0.25) is 23.6 Å². The average Bonchev–Trinajstić information content (AvgIpc) is 3.50. The van der Waals surface area contributed by atoms with Crippen molar-refractivity contribution in [2.24, 2.45) is 11.5 Å². The third-order valence-corrected chi connectivity index (χ3v) is 7.14. The molecule has 0 radical (unpaired) electrons. The highest BCUT2D eigenvalue weighted by molar-refractivity contribution is 5.94. The first-order chi connectivity index (χ1) is 20.3. The van der Waals surface area contributed by atoms with Gasteiger partial charge in [0.25, 0.3) is 0 Å². The number of carbonyl (C=O) groups is 4. The molecule has 10 nitrogen and oxygen atoms in total. The molecule has 1 heterocycles. The van der Waals surface area contributed by atoms with Gasteiger partial charge in [0.1, 0.15) is 24.4 Å². The number of nitrogens with two attached hydrogens (primary N) is 2. The lowest BCUT2D eigenvalue weighted by Gasteiger charge is -2.29. The molecule has 3 aromatic carbocycles. The van der Waals surface area contributed by atoms with E-state index in [0.29, 0.717) is 38.2 Å². The first-order valence-electron chi connectivity index (χ1n) is 14.0. The molecule has 1 aliphatic rings. The molecule has 42 heavy (non-hydrogen) atoms. The van der Waals surface area contributed by atoms with E-state index in [1.807, 2.05) is 84.9 Å². The van der Waals surface area contributed by atoms with Crippen molar-refractivity contribution in [1.82, 2.24) is 15.5 Å². The van der Waals surface area contributed by atoms with E-state index in [0.717, 1.165) is 16.7 Å². The predicted octanol–water partition coefficient (Wildman–Crippen LogP) is 1.46. The van der Waals surface area contributed by atoms with Crippen LogP contribution in [0.1, 0.15) is 29.5 Å². The number of primary amides is 1. The van der Waals surface area contributed by atoms with Crippen LogP contribution in [0.25, 0.3) is 0 Å². The van der Waals surface area contributed by atoms with E-state index in [2.05, 4.69) is 10.6 Å². The van der Waals surface area contributed by atoms with Gasteiger partial charge in [-0.3, -0.25) is 19.2 Å². The molecule has 4 amide bonds. The Hall–Kier alpha value is -4.70. The Labute approximate surface area is 245 Å². The lowest BCUT2D eigenvalue weighted by atomic mass is 10.0. The maximum Gasteiger partial charge on any atom is 0.246 e. The van der Waals surface area contributed by atoms with E-state index in [1.165, 1.54) is 4.90 Å². The minimum atomic E-state index is -0.958. The fraction of sp³-hybridized carbons (Fsp3) is 0.312. The van der Waals surface area contributed by atoms with Crippen molar-refractivity contribution in [3.05, 3.63) is 102 Å². The van der Waals surface area contributed by atoms with E-state index < -0.39 is 41.8 Å². The lowest BCUT2D eigenvalue weighted by Crippen LogP contribution is -2.56. The molecule has 1 saturated heterocycles. The zero-order valence-corrected chi connectivity index (χ0v) is 23.4. The number of likely N-dealkylation sites (tertiary alicyclic amines) is 1. The molecule has 0 saturated carbocycles. The molecular formula is C32H37N5O5. The minimum Gasteiger partial charge on any atom is -0.489 e. The van der Waals surface area contributed by atoms with Gasteiger partial charge in [0.15, 0.2) is 0 Å². The van der Waals surface area contributed by atoms with E-state index >= 15 is 0 Å². The number of amides is 4. The number of nitrogens with one attached hydrogen (secondary N) is 2. The Balaban J connectivity index is 1.47. The molecule has 220 valence electrons. The molecular weight excluding hydrogens is 534 g/mol. The average molecular weight is 572 g/mol. The Morgan fingerprint density at radius 1 is 0.857 bits per heavy atom. The third kappa shape index (κ3) is 8.65. The second-order valence-electron chi connectivity index (χ2n) is 10.4. The summed E-state index contributed by atoms with van der Waals surface area (Å²) in [6, 6.07) is 23.9. The number of hydrogen-bond acceptors (Lipinski definition) is 6. The summed E-state index contributed by atoms with van der Waals surface area (Å²) in [7, 11) is 0.